The fourth-order valence-corrected chi connectivity index (χ4v) is 3.63. The van der Waals surface area contributed by atoms with E-state index in [1.165, 1.54) is 28.5 Å². The molecule has 5 nitrogen and oxygen atoms in total. The van der Waals surface area contributed by atoms with E-state index in [4.69, 9.17) is 0 Å². The SMILES string of the molecule is Cc1cc(C(C)(C)C)cc(C)c1CCNC(=O)Cn1ncc(=O)c2ccccc21. The molecule has 0 aliphatic rings. The Morgan fingerprint density at radius 1 is 1.10 bits per heavy atom. The molecule has 1 heterocycles. The van der Waals surface area contributed by atoms with Crippen LogP contribution in [0.3, 0.4) is 0 Å². The van der Waals surface area contributed by atoms with Gasteiger partial charge in [-0.15, -0.1) is 0 Å². The van der Waals surface area contributed by atoms with E-state index in [1.807, 2.05) is 12.1 Å². The van der Waals surface area contributed by atoms with E-state index in [0.717, 1.165) is 6.42 Å². The molecule has 0 atom stereocenters. The van der Waals surface area contributed by atoms with Crippen LogP contribution < -0.4 is 10.7 Å². The van der Waals surface area contributed by atoms with Gasteiger partial charge in [-0.3, -0.25) is 14.3 Å². The molecule has 0 aliphatic carbocycles. The lowest BCUT2D eigenvalue weighted by Crippen LogP contribution is -2.31. The summed E-state index contributed by atoms with van der Waals surface area (Å²) in [6.45, 7) is 11.6. The van der Waals surface area contributed by atoms with Crippen LogP contribution in [0, 0.1) is 13.8 Å². The summed E-state index contributed by atoms with van der Waals surface area (Å²) in [5, 5.41) is 7.67. The van der Waals surface area contributed by atoms with Gasteiger partial charge in [0.1, 0.15) is 6.54 Å². The lowest BCUT2D eigenvalue weighted by atomic mass is 9.83. The van der Waals surface area contributed by atoms with Crippen LogP contribution in [-0.2, 0) is 23.2 Å². The van der Waals surface area contributed by atoms with Crippen molar-refractivity contribution >= 4 is 16.8 Å². The Labute approximate surface area is 171 Å². The first-order chi connectivity index (χ1) is 13.7. The minimum atomic E-state index is -0.137. The first-order valence-electron chi connectivity index (χ1n) is 9.99. The summed E-state index contributed by atoms with van der Waals surface area (Å²) in [4.78, 5) is 24.4. The van der Waals surface area contributed by atoms with Gasteiger partial charge in [0.2, 0.25) is 11.3 Å². The van der Waals surface area contributed by atoms with Crippen molar-refractivity contribution in [3.8, 4) is 0 Å². The molecule has 1 aromatic heterocycles. The second-order valence-corrected chi connectivity index (χ2v) is 8.62. The first kappa shape index (κ1) is 20.8. The van der Waals surface area contributed by atoms with E-state index in [2.05, 4.69) is 57.2 Å². The maximum atomic E-state index is 12.4. The summed E-state index contributed by atoms with van der Waals surface area (Å²) in [5.74, 6) is -0.118. The van der Waals surface area contributed by atoms with Gasteiger partial charge in [-0.2, -0.15) is 5.10 Å². The van der Waals surface area contributed by atoms with Crippen LogP contribution in [0.5, 0.6) is 0 Å². The molecule has 1 amide bonds. The topological polar surface area (TPSA) is 64.0 Å². The highest BCUT2D eigenvalue weighted by atomic mass is 16.2. The van der Waals surface area contributed by atoms with E-state index in [9.17, 15) is 9.59 Å². The van der Waals surface area contributed by atoms with Crippen molar-refractivity contribution in [3.05, 3.63) is 75.1 Å². The molecular formula is C24H29N3O2. The normalized spacial score (nSPS) is 11.6. The number of nitrogens with one attached hydrogen (secondary N) is 1. The highest BCUT2D eigenvalue weighted by Crippen LogP contribution is 2.27. The minimum Gasteiger partial charge on any atom is -0.354 e. The maximum absolute atomic E-state index is 12.4. The molecule has 152 valence electrons. The standard InChI is InChI=1S/C24H29N3O2/c1-16-12-18(24(3,4)5)13-17(2)19(16)10-11-25-23(29)15-27-21-9-7-6-8-20(21)22(28)14-26-27/h6-9,12-14H,10-11,15H2,1-5H3,(H,25,29). The molecular weight excluding hydrogens is 362 g/mol. The molecule has 29 heavy (non-hydrogen) atoms. The predicted molar refractivity (Wildman–Crippen MR) is 117 cm³/mol. The molecule has 0 radical (unpaired) electrons. The fraction of sp³-hybridized carbons (Fsp3) is 0.375. The number of hydrogen-bond acceptors (Lipinski definition) is 3. The number of aryl methyl sites for hydroxylation is 2. The number of carbonyl (C=O) groups excluding carboxylic acids is 1. The average molecular weight is 392 g/mol. The number of amides is 1. The lowest BCUT2D eigenvalue weighted by Gasteiger charge is -2.22. The summed E-state index contributed by atoms with van der Waals surface area (Å²) in [5.41, 5.74) is 5.78. The highest BCUT2D eigenvalue weighted by Gasteiger charge is 2.16. The van der Waals surface area contributed by atoms with Crippen molar-refractivity contribution in [1.29, 1.82) is 0 Å². The van der Waals surface area contributed by atoms with Crippen LogP contribution in [0.15, 0.2) is 47.4 Å². The number of carbonyl (C=O) groups is 1. The Morgan fingerprint density at radius 3 is 2.41 bits per heavy atom. The summed E-state index contributed by atoms with van der Waals surface area (Å²) in [6, 6.07) is 11.7. The zero-order chi connectivity index (χ0) is 21.2. The molecule has 0 fully saturated rings. The van der Waals surface area contributed by atoms with Gasteiger partial charge >= 0.3 is 0 Å². The van der Waals surface area contributed by atoms with Gasteiger partial charge in [-0.1, -0.05) is 45.0 Å². The molecule has 0 unspecified atom stereocenters. The van der Waals surface area contributed by atoms with E-state index in [1.54, 1.807) is 16.8 Å². The number of benzene rings is 2. The molecule has 0 bridgehead atoms. The van der Waals surface area contributed by atoms with Crippen molar-refractivity contribution in [2.45, 2.75) is 53.0 Å². The van der Waals surface area contributed by atoms with Crippen molar-refractivity contribution in [1.82, 2.24) is 15.1 Å². The van der Waals surface area contributed by atoms with E-state index < -0.39 is 0 Å². The van der Waals surface area contributed by atoms with Crippen LogP contribution in [0.4, 0.5) is 0 Å². The molecule has 2 aromatic carbocycles. The smallest absolute Gasteiger partial charge is 0.241 e. The third-order valence-corrected chi connectivity index (χ3v) is 5.31. The van der Waals surface area contributed by atoms with Gasteiger partial charge in [0, 0.05) is 11.9 Å². The Morgan fingerprint density at radius 2 is 1.76 bits per heavy atom. The van der Waals surface area contributed by atoms with Crippen molar-refractivity contribution in [2.75, 3.05) is 6.54 Å². The number of hydrogen-bond donors (Lipinski definition) is 1. The zero-order valence-corrected chi connectivity index (χ0v) is 17.9. The van der Waals surface area contributed by atoms with Crippen molar-refractivity contribution < 1.29 is 4.79 Å². The van der Waals surface area contributed by atoms with Gasteiger partial charge in [-0.05, 0) is 60.1 Å². The van der Waals surface area contributed by atoms with Crippen molar-refractivity contribution in [2.24, 2.45) is 0 Å². The fourth-order valence-electron chi connectivity index (χ4n) is 3.63. The molecule has 0 spiro atoms. The summed E-state index contributed by atoms with van der Waals surface area (Å²) in [7, 11) is 0. The Hall–Kier alpha value is -2.95. The van der Waals surface area contributed by atoms with Gasteiger partial charge < -0.3 is 5.32 Å². The maximum Gasteiger partial charge on any atom is 0.241 e. The predicted octanol–water partition coefficient (Wildman–Crippen LogP) is 3.67. The Bertz CT molecular complexity index is 1080. The van der Waals surface area contributed by atoms with Crippen molar-refractivity contribution in [3.63, 3.8) is 0 Å². The molecule has 0 saturated heterocycles. The van der Waals surface area contributed by atoms with Crippen LogP contribution in [-0.4, -0.2) is 22.2 Å². The van der Waals surface area contributed by atoms with E-state index >= 15 is 0 Å². The Balaban J connectivity index is 1.66. The number of fused-ring (bicyclic) bond motifs is 1. The highest BCUT2D eigenvalue weighted by molar-refractivity contribution is 5.81. The number of para-hydroxylation sites is 1. The van der Waals surface area contributed by atoms with Crippen LogP contribution in [0.2, 0.25) is 0 Å². The molecule has 0 aliphatic heterocycles. The Kier molecular flexibility index (Phi) is 5.87. The van der Waals surface area contributed by atoms with Crippen LogP contribution in [0.1, 0.15) is 43.0 Å². The number of nitrogens with zero attached hydrogens (tertiary/aromatic N) is 2. The second kappa shape index (κ2) is 8.19. The molecule has 0 saturated carbocycles. The third-order valence-electron chi connectivity index (χ3n) is 5.31. The average Bonchev–Trinajstić information content (AvgIpc) is 2.65. The monoisotopic (exact) mass is 391 g/mol. The number of aromatic nitrogens is 2. The van der Waals surface area contributed by atoms with Crippen LogP contribution in [0.25, 0.3) is 10.9 Å². The first-order valence-corrected chi connectivity index (χ1v) is 9.99. The summed E-state index contributed by atoms with van der Waals surface area (Å²) >= 11 is 0. The lowest BCUT2D eigenvalue weighted by molar-refractivity contribution is -0.121. The largest absolute Gasteiger partial charge is 0.354 e. The molecule has 5 heteroatoms. The van der Waals surface area contributed by atoms with Crippen LogP contribution >= 0.6 is 0 Å². The zero-order valence-electron chi connectivity index (χ0n) is 17.9. The molecule has 1 N–H and O–H groups in total. The third kappa shape index (κ3) is 4.73. The minimum absolute atomic E-state index is 0.0850. The van der Waals surface area contributed by atoms with Gasteiger partial charge in [0.25, 0.3) is 0 Å². The van der Waals surface area contributed by atoms with Gasteiger partial charge in [0.15, 0.2) is 0 Å². The molecule has 3 aromatic rings. The van der Waals surface area contributed by atoms with E-state index in [0.29, 0.717) is 17.4 Å². The summed E-state index contributed by atoms with van der Waals surface area (Å²) in [6.07, 6.45) is 2.05. The second-order valence-electron chi connectivity index (χ2n) is 8.62. The van der Waals surface area contributed by atoms with Gasteiger partial charge in [-0.25, -0.2) is 0 Å². The van der Waals surface area contributed by atoms with Gasteiger partial charge in [0.05, 0.1) is 11.7 Å². The van der Waals surface area contributed by atoms with E-state index in [-0.39, 0.29) is 23.3 Å². The quantitative estimate of drug-likeness (QED) is 0.722. The number of rotatable bonds is 5. The summed E-state index contributed by atoms with van der Waals surface area (Å²) < 4.78 is 1.57. The molecule has 3 rings (SSSR count).